The summed E-state index contributed by atoms with van der Waals surface area (Å²) in [4.78, 5) is 27.7. The Morgan fingerprint density at radius 3 is 2.58 bits per heavy atom. The van der Waals surface area contributed by atoms with Crippen molar-refractivity contribution in [2.75, 3.05) is 39.3 Å². The van der Waals surface area contributed by atoms with Gasteiger partial charge in [-0.05, 0) is 24.8 Å². The van der Waals surface area contributed by atoms with E-state index in [0.29, 0.717) is 13.2 Å². The van der Waals surface area contributed by atoms with E-state index in [1.807, 2.05) is 6.07 Å². The monoisotopic (exact) mass is 360 g/mol. The largest absolute Gasteiger partial charge is 0.367 e. The van der Waals surface area contributed by atoms with Crippen LogP contribution in [0.1, 0.15) is 18.4 Å². The lowest BCUT2D eigenvalue weighted by atomic mass is 10.0. The number of nitrogens with one attached hydrogen (secondary N) is 1. The number of likely N-dealkylation sites (tertiary alicyclic amines) is 1. The van der Waals surface area contributed by atoms with Crippen LogP contribution in [0, 0.1) is 0 Å². The van der Waals surface area contributed by atoms with Gasteiger partial charge in [0.05, 0.1) is 13.2 Å². The molecule has 2 aliphatic heterocycles. The van der Waals surface area contributed by atoms with Gasteiger partial charge < -0.3 is 25.6 Å². The quantitative estimate of drug-likeness (QED) is 0.804. The van der Waals surface area contributed by atoms with Gasteiger partial charge in [0.1, 0.15) is 0 Å². The van der Waals surface area contributed by atoms with E-state index >= 15 is 0 Å². The van der Waals surface area contributed by atoms with E-state index in [1.165, 1.54) is 5.56 Å². The van der Waals surface area contributed by atoms with Crippen molar-refractivity contribution in [1.82, 2.24) is 15.1 Å². The van der Waals surface area contributed by atoms with Crippen LogP contribution in [0.4, 0.5) is 4.79 Å². The molecule has 1 aromatic rings. The Bertz CT molecular complexity index is 602. The molecule has 26 heavy (non-hydrogen) atoms. The summed E-state index contributed by atoms with van der Waals surface area (Å²) in [5, 5.41) is 3.10. The summed E-state index contributed by atoms with van der Waals surface area (Å²) in [5.41, 5.74) is 6.63. The molecule has 0 bridgehead atoms. The lowest BCUT2D eigenvalue weighted by Gasteiger charge is -2.35. The van der Waals surface area contributed by atoms with Crippen LogP contribution in [0.5, 0.6) is 0 Å². The Labute approximate surface area is 154 Å². The van der Waals surface area contributed by atoms with Crippen LogP contribution in [0.15, 0.2) is 30.3 Å². The lowest BCUT2D eigenvalue weighted by Crippen LogP contribution is -2.55. The highest BCUT2D eigenvalue weighted by atomic mass is 16.5. The number of nitrogens with zero attached hydrogens (tertiary/aromatic N) is 2. The van der Waals surface area contributed by atoms with Crippen LogP contribution in [0.25, 0.3) is 0 Å². The third-order valence-corrected chi connectivity index (χ3v) is 5.15. The summed E-state index contributed by atoms with van der Waals surface area (Å²) < 4.78 is 5.28. The minimum Gasteiger partial charge on any atom is -0.367 e. The summed E-state index contributed by atoms with van der Waals surface area (Å²) >= 11 is 0. The third kappa shape index (κ3) is 5.19. The maximum Gasteiger partial charge on any atom is 0.317 e. The molecule has 0 spiro atoms. The summed E-state index contributed by atoms with van der Waals surface area (Å²) in [6.07, 6.45) is 2.25. The number of nitrogens with two attached hydrogens (primary N) is 1. The maximum atomic E-state index is 12.4. The topological polar surface area (TPSA) is 87.9 Å². The molecule has 2 fully saturated rings. The standard InChI is InChI=1S/C19H28N4O3/c20-18(24)17-14-23(12-13-26-17)19(25)21-16-7-10-22(11-8-16)9-6-15-4-2-1-3-5-15/h1-5,16-17H,6-14H2,(H2,20,24)(H,21,25). The minimum absolute atomic E-state index is 0.123. The van der Waals surface area contributed by atoms with Crippen molar-refractivity contribution >= 4 is 11.9 Å². The highest BCUT2D eigenvalue weighted by molar-refractivity contribution is 5.81. The summed E-state index contributed by atoms with van der Waals surface area (Å²) in [6.45, 7) is 4.10. The van der Waals surface area contributed by atoms with Gasteiger partial charge in [0.25, 0.3) is 0 Å². The van der Waals surface area contributed by atoms with Crippen molar-refractivity contribution in [1.29, 1.82) is 0 Å². The second kappa shape index (κ2) is 9.00. The van der Waals surface area contributed by atoms with Gasteiger partial charge in [0.15, 0.2) is 6.10 Å². The van der Waals surface area contributed by atoms with Crippen LogP contribution in [-0.4, -0.2) is 73.2 Å². The molecule has 0 aromatic heterocycles. The number of hydrogen-bond acceptors (Lipinski definition) is 4. The fourth-order valence-electron chi connectivity index (χ4n) is 3.50. The molecule has 1 unspecified atom stereocenters. The van der Waals surface area contributed by atoms with Gasteiger partial charge in [0.2, 0.25) is 5.91 Å². The van der Waals surface area contributed by atoms with Crippen LogP contribution < -0.4 is 11.1 Å². The molecule has 7 nitrogen and oxygen atoms in total. The van der Waals surface area contributed by atoms with Gasteiger partial charge in [-0.2, -0.15) is 0 Å². The van der Waals surface area contributed by atoms with Gasteiger partial charge in [-0.15, -0.1) is 0 Å². The number of morpholine rings is 1. The number of urea groups is 1. The summed E-state index contributed by atoms with van der Waals surface area (Å²) in [7, 11) is 0. The van der Waals surface area contributed by atoms with Crippen molar-refractivity contribution < 1.29 is 14.3 Å². The number of hydrogen-bond donors (Lipinski definition) is 2. The van der Waals surface area contributed by atoms with E-state index < -0.39 is 12.0 Å². The van der Waals surface area contributed by atoms with Gasteiger partial charge in [0, 0.05) is 32.2 Å². The molecule has 7 heteroatoms. The van der Waals surface area contributed by atoms with E-state index in [0.717, 1.165) is 38.9 Å². The zero-order valence-electron chi connectivity index (χ0n) is 15.1. The molecule has 1 aromatic carbocycles. The number of carbonyl (C=O) groups is 2. The molecular formula is C19H28N4O3. The van der Waals surface area contributed by atoms with Crippen molar-refractivity contribution in [3.05, 3.63) is 35.9 Å². The normalized spacial score (nSPS) is 22.2. The fraction of sp³-hybridized carbons (Fsp3) is 0.579. The average molecular weight is 360 g/mol. The number of ether oxygens (including phenoxy) is 1. The van der Waals surface area contributed by atoms with E-state index in [-0.39, 0.29) is 18.6 Å². The molecule has 0 saturated carbocycles. The number of amides is 3. The number of piperidine rings is 1. The summed E-state index contributed by atoms with van der Waals surface area (Å²) in [5.74, 6) is -0.519. The van der Waals surface area contributed by atoms with Crippen LogP contribution >= 0.6 is 0 Å². The molecule has 3 rings (SSSR count). The SMILES string of the molecule is NC(=O)C1CN(C(=O)NC2CCN(CCc3ccccc3)CC2)CCO1. The Hall–Kier alpha value is -2.12. The third-order valence-electron chi connectivity index (χ3n) is 5.15. The first kappa shape index (κ1) is 18.7. The molecule has 3 N–H and O–H groups in total. The lowest BCUT2D eigenvalue weighted by molar-refractivity contribution is -0.133. The second-order valence-corrected chi connectivity index (χ2v) is 7.01. The van der Waals surface area contributed by atoms with Crippen molar-refractivity contribution in [2.24, 2.45) is 5.73 Å². The van der Waals surface area contributed by atoms with E-state index in [2.05, 4.69) is 34.5 Å². The Morgan fingerprint density at radius 2 is 1.88 bits per heavy atom. The molecule has 2 saturated heterocycles. The zero-order valence-corrected chi connectivity index (χ0v) is 15.1. The van der Waals surface area contributed by atoms with E-state index in [4.69, 9.17) is 10.5 Å². The van der Waals surface area contributed by atoms with Crippen LogP contribution in [0.3, 0.4) is 0 Å². The molecule has 2 aliphatic rings. The number of benzene rings is 1. The molecular weight excluding hydrogens is 332 g/mol. The Balaban J connectivity index is 1.38. The molecule has 2 heterocycles. The highest BCUT2D eigenvalue weighted by Gasteiger charge is 2.29. The molecule has 142 valence electrons. The first-order valence-corrected chi connectivity index (χ1v) is 9.34. The zero-order chi connectivity index (χ0) is 18.4. The first-order valence-electron chi connectivity index (χ1n) is 9.34. The minimum atomic E-state index is -0.700. The summed E-state index contributed by atoms with van der Waals surface area (Å²) in [6, 6.07) is 10.6. The van der Waals surface area contributed by atoms with Crippen molar-refractivity contribution in [2.45, 2.75) is 31.4 Å². The van der Waals surface area contributed by atoms with E-state index in [9.17, 15) is 9.59 Å². The van der Waals surface area contributed by atoms with Crippen LogP contribution in [-0.2, 0) is 16.0 Å². The molecule has 3 amide bonds. The van der Waals surface area contributed by atoms with Crippen LogP contribution in [0.2, 0.25) is 0 Å². The molecule has 0 radical (unpaired) electrons. The Kier molecular flexibility index (Phi) is 6.46. The fourth-order valence-corrected chi connectivity index (χ4v) is 3.50. The molecule has 1 atom stereocenters. The number of rotatable bonds is 5. The van der Waals surface area contributed by atoms with Gasteiger partial charge >= 0.3 is 6.03 Å². The van der Waals surface area contributed by atoms with E-state index in [1.54, 1.807) is 4.90 Å². The van der Waals surface area contributed by atoms with Crippen molar-refractivity contribution in [3.63, 3.8) is 0 Å². The highest BCUT2D eigenvalue weighted by Crippen LogP contribution is 2.13. The maximum absolute atomic E-state index is 12.4. The number of carbonyl (C=O) groups excluding carboxylic acids is 2. The second-order valence-electron chi connectivity index (χ2n) is 7.01. The Morgan fingerprint density at radius 1 is 1.15 bits per heavy atom. The first-order chi connectivity index (χ1) is 12.6. The number of primary amides is 1. The van der Waals surface area contributed by atoms with Gasteiger partial charge in [-0.1, -0.05) is 30.3 Å². The van der Waals surface area contributed by atoms with Gasteiger partial charge in [-0.3, -0.25) is 4.79 Å². The smallest absolute Gasteiger partial charge is 0.317 e. The molecule has 0 aliphatic carbocycles. The predicted octanol–water partition coefficient (Wildman–Crippen LogP) is 0.589. The van der Waals surface area contributed by atoms with Gasteiger partial charge in [-0.25, -0.2) is 4.79 Å². The average Bonchev–Trinajstić information content (AvgIpc) is 2.68. The van der Waals surface area contributed by atoms with Crippen molar-refractivity contribution in [3.8, 4) is 0 Å². The predicted molar refractivity (Wildman–Crippen MR) is 98.6 cm³/mol.